The summed E-state index contributed by atoms with van der Waals surface area (Å²) in [5.41, 5.74) is 6.40. The molecule has 0 aliphatic rings. The van der Waals surface area contributed by atoms with E-state index in [4.69, 9.17) is 10.8 Å². The Kier molecular flexibility index (Phi) is 5.66. The molecule has 20 heavy (non-hydrogen) atoms. The fourth-order valence-electron chi connectivity index (χ4n) is 1.43. The van der Waals surface area contributed by atoms with Gasteiger partial charge in [0.05, 0.1) is 12.4 Å². The van der Waals surface area contributed by atoms with Crippen LogP contribution in [0, 0.1) is 0 Å². The van der Waals surface area contributed by atoms with Crippen LogP contribution in [0.25, 0.3) is 0 Å². The molecule has 110 valence electrons. The number of carbonyl (C=O) groups is 3. The van der Waals surface area contributed by atoms with Gasteiger partial charge in [-0.15, -0.1) is 0 Å². The number of carboxylic acid groups (broad SMARTS) is 1. The molecule has 1 rings (SSSR count). The summed E-state index contributed by atoms with van der Waals surface area (Å²) in [6.45, 7) is 0.942. The predicted molar refractivity (Wildman–Crippen MR) is 68.5 cm³/mol. The maximum absolute atomic E-state index is 11.8. The third-order valence-electron chi connectivity index (χ3n) is 2.50. The molecule has 2 amide bonds. The molecule has 0 radical (unpaired) electrons. The molecule has 0 fully saturated rings. The summed E-state index contributed by atoms with van der Waals surface area (Å²) >= 11 is 0. The number of nitrogens with zero attached hydrogens (tertiary/aromatic N) is 1. The Morgan fingerprint density at radius 3 is 2.70 bits per heavy atom. The van der Waals surface area contributed by atoms with Gasteiger partial charge in [-0.25, -0.2) is 4.98 Å². The number of nitrogens with two attached hydrogens (primary N) is 1. The van der Waals surface area contributed by atoms with E-state index >= 15 is 0 Å². The summed E-state index contributed by atoms with van der Waals surface area (Å²) in [4.78, 5) is 40.2. The number of rotatable bonds is 7. The van der Waals surface area contributed by atoms with Crippen molar-refractivity contribution in [2.45, 2.75) is 25.4 Å². The lowest BCUT2D eigenvalue weighted by Crippen LogP contribution is -2.51. The van der Waals surface area contributed by atoms with Crippen molar-refractivity contribution in [3.63, 3.8) is 0 Å². The number of carboxylic acids is 1. The van der Waals surface area contributed by atoms with Crippen molar-refractivity contribution in [2.75, 3.05) is 6.54 Å². The molecule has 6 N–H and O–H groups in total. The highest BCUT2D eigenvalue weighted by molar-refractivity contribution is 5.90. The molecular weight excluding hydrogens is 266 g/mol. The molecule has 2 atom stereocenters. The van der Waals surface area contributed by atoms with Crippen molar-refractivity contribution >= 4 is 17.8 Å². The van der Waals surface area contributed by atoms with Crippen molar-refractivity contribution in [1.29, 1.82) is 0 Å². The number of hydrogen-bond acceptors (Lipinski definition) is 5. The molecule has 0 spiro atoms. The molecule has 1 aromatic heterocycles. The van der Waals surface area contributed by atoms with Gasteiger partial charge < -0.3 is 26.5 Å². The number of hydrogen-bond donors (Lipinski definition) is 5. The predicted octanol–water partition coefficient (Wildman–Crippen LogP) is -2.01. The first-order valence-electron chi connectivity index (χ1n) is 5.93. The van der Waals surface area contributed by atoms with Crippen molar-refractivity contribution in [2.24, 2.45) is 5.73 Å². The van der Waals surface area contributed by atoms with Gasteiger partial charge in [0.25, 0.3) is 0 Å². The summed E-state index contributed by atoms with van der Waals surface area (Å²) in [6, 6.07) is -1.69. The molecule has 9 nitrogen and oxygen atoms in total. The fourth-order valence-corrected chi connectivity index (χ4v) is 1.43. The van der Waals surface area contributed by atoms with E-state index in [0.29, 0.717) is 5.69 Å². The lowest BCUT2D eigenvalue weighted by Gasteiger charge is -2.16. The standard InChI is InChI=1S/C11H17N5O4/c1-6(10(19)14-4-9(17)18)16-11(20)8(12)2-7-3-13-5-15-7/h3,5-6,8H,2,4,12H2,1H3,(H,13,15)(H,14,19)(H,16,20)(H,17,18)/t6-,8-/m0/s1. The van der Waals surface area contributed by atoms with Crippen LogP contribution in [-0.2, 0) is 20.8 Å². The Morgan fingerprint density at radius 2 is 2.15 bits per heavy atom. The van der Waals surface area contributed by atoms with E-state index in [1.54, 1.807) is 6.20 Å². The molecule has 0 bridgehead atoms. The molecule has 1 heterocycles. The minimum atomic E-state index is -1.16. The molecule has 0 saturated carbocycles. The van der Waals surface area contributed by atoms with Crippen LogP contribution in [0.3, 0.4) is 0 Å². The zero-order valence-corrected chi connectivity index (χ0v) is 10.9. The van der Waals surface area contributed by atoms with Crippen LogP contribution in [0.1, 0.15) is 12.6 Å². The Bertz CT molecular complexity index is 473. The average molecular weight is 283 g/mol. The van der Waals surface area contributed by atoms with Gasteiger partial charge in [-0.3, -0.25) is 14.4 Å². The highest BCUT2D eigenvalue weighted by Gasteiger charge is 2.20. The van der Waals surface area contributed by atoms with Gasteiger partial charge in [-0.1, -0.05) is 0 Å². The third-order valence-corrected chi connectivity index (χ3v) is 2.50. The number of amides is 2. The maximum Gasteiger partial charge on any atom is 0.322 e. The van der Waals surface area contributed by atoms with Gasteiger partial charge in [-0.05, 0) is 6.92 Å². The monoisotopic (exact) mass is 283 g/mol. The van der Waals surface area contributed by atoms with Crippen molar-refractivity contribution < 1.29 is 19.5 Å². The molecule has 1 aromatic rings. The zero-order valence-electron chi connectivity index (χ0n) is 10.9. The van der Waals surface area contributed by atoms with Gasteiger partial charge in [-0.2, -0.15) is 0 Å². The number of aromatic nitrogens is 2. The summed E-state index contributed by atoms with van der Waals surface area (Å²) in [7, 11) is 0. The third kappa shape index (κ3) is 5.06. The average Bonchev–Trinajstić information content (AvgIpc) is 2.88. The summed E-state index contributed by atoms with van der Waals surface area (Å²) in [6.07, 6.45) is 3.29. The van der Waals surface area contributed by atoms with Crippen molar-refractivity contribution in [1.82, 2.24) is 20.6 Å². The van der Waals surface area contributed by atoms with E-state index in [1.165, 1.54) is 13.3 Å². The Balaban J connectivity index is 2.40. The van der Waals surface area contributed by atoms with Crippen LogP contribution < -0.4 is 16.4 Å². The second kappa shape index (κ2) is 7.24. The van der Waals surface area contributed by atoms with Crippen LogP contribution in [-0.4, -0.2) is 51.5 Å². The molecule has 0 aliphatic heterocycles. The van der Waals surface area contributed by atoms with Gasteiger partial charge >= 0.3 is 5.97 Å². The smallest absolute Gasteiger partial charge is 0.322 e. The Labute approximate surface area is 114 Å². The lowest BCUT2D eigenvalue weighted by atomic mass is 10.1. The van der Waals surface area contributed by atoms with Crippen LogP contribution in [0.5, 0.6) is 0 Å². The summed E-state index contributed by atoms with van der Waals surface area (Å²) in [5, 5.41) is 13.0. The quantitative estimate of drug-likeness (QED) is 0.390. The van der Waals surface area contributed by atoms with Crippen LogP contribution >= 0.6 is 0 Å². The van der Waals surface area contributed by atoms with Crippen molar-refractivity contribution in [3.8, 4) is 0 Å². The minimum Gasteiger partial charge on any atom is -0.480 e. The molecule has 0 aromatic carbocycles. The largest absolute Gasteiger partial charge is 0.480 e. The Hall–Kier alpha value is -2.42. The van der Waals surface area contributed by atoms with E-state index in [0.717, 1.165) is 0 Å². The number of H-pyrrole nitrogens is 1. The number of aromatic amines is 1. The number of nitrogens with one attached hydrogen (secondary N) is 3. The van der Waals surface area contributed by atoms with Crippen LogP contribution in [0.15, 0.2) is 12.5 Å². The second-order valence-corrected chi connectivity index (χ2v) is 4.23. The first-order valence-corrected chi connectivity index (χ1v) is 5.93. The van der Waals surface area contributed by atoms with Gasteiger partial charge in [0.2, 0.25) is 11.8 Å². The van der Waals surface area contributed by atoms with E-state index < -0.39 is 36.4 Å². The summed E-state index contributed by atoms with van der Waals surface area (Å²) in [5.74, 6) is -2.25. The fraction of sp³-hybridized carbons (Fsp3) is 0.455. The van der Waals surface area contributed by atoms with Gasteiger partial charge in [0.15, 0.2) is 0 Å². The highest BCUT2D eigenvalue weighted by Crippen LogP contribution is 1.97. The molecule has 0 unspecified atom stereocenters. The van der Waals surface area contributed by atoms with Crippen molar-refractivity contribution in [3.05, 3.63) is 18.2 Å². The minimum absolute atomic E-state index is 0.259. The second-order valence-electron chi connectivity index (χ2n) is 4.23. The van der Waals surface area contributed by atoms with Crippen LogP contribution in [0.4, 0.5) is 0 Å². The van der Waals surface area contributed by atoms with Gasteiger partial charge in [0, 0.05) is 18.3 Å². The Morgan fingerprint density at radius 1 is 1.45 bits per heavy atom. The molecule has 9 heteroatoms. The molecule has 0 saturated heterocycles. The number of carbonyl (C=O) groups excluding carboxylic acids is 2. The van der Waals surface area contributed by atoms with E-state index in [9.17, 15) is 14.4 Å². The van der Waals surface area contributed by atoms with E-state index in [1.807, 2.05) is 0 Å². The lowest BCUT2D eigenvalue weighted by molar-refractivity contribution is -0.138. The normalized spacial score (nSPS) is 13.3. The number of aliphatic carboxylic acids is 1. The van der Waals surface area contributed by atoms with Gasteiger partial charge in [0.1, 0.15) is 12.6 Å². The van der Waals surface area contributed by atoms with E-state index in [-0.39, 0.29) is 6.42 Å². The van der Waals surface area contributed by atoms with E-state index in [2.05, 4.69) is 20.6 Å². The molecular formula is C11H17N5O4. The summed E-state index contributed by atoms with van der Waals surface area (Å²) < 4.78 is 0. The first-order chi connectivity index (χ1) is 9.40. The SMILES string of the molecule is C[C@H](NC(=O)[C@@H](N)Cc1cnc[nH]1)C(=O)NCC(=O)O. The molecule has 0 aliphatic carbocycles. The highest BCUT2D eigenvalue weighted by atomic mass is 16.4. The maximum atomic E-state index is 11.8. The number of imidazole rings is 1. The van der Waals surface area contributed by atoms with Crippen LogP contribution in [0.2, 0.25) is 0 Å². The first kappa shape index (κ1) is 15.6. The zero-order chi connectivity index (χ0) is 15.1. The topological polar surface area (TPSA) is 150 Å².